The van der Waals surface area contributed by atoms with Crippen LogP contribution in [0.25, 0.3) is 0 Å². The molecule has 1 aromatic carbocycles. The Labute approximate surface area is 132 Å². The first-order chi connectivity index (χ1) is 11.1. The maximum Gasteiger partial charge on any atom is 0.329 e. The Morgan fingerprint density at radius 2 is 2.00 bits per heavy atom. The number of furan rings is 1. The van der Waals surface area contributed by atoms with Crippen molar-refractivity contribution in [2.24, 2.45) is 5.10 Å². The van der Waals surface area contributed by atoms with Crippen LogP contribution in [0.4, 0.5) is 5.69 Å². The lowest BCUT2D eigenvalue weighted by Crippen LogP contribution is -2.32. The SMILES string of the molecule is COc1ccc(OC)c(NC(=O)C(=O)N/N=C/c2ccco2)c1. The standard InChI is InChI=1S/C15H15N3O5/c1-21-10-5-6-13(22-2)12(8-10)17-14(19)15(20)18-16-9-11-4-3-7-23-11/h3-9H,1-2H3,(H,17,19)(H,18,20)/b16-9+. The van der Waals surface area contributed by atoms with Gasteiger partial charge in [-0.3, -0.25) is 9.59 Å². The van der Waals surface area contributed by atoms with Gasteiger partial charge in [-0.05, 0) is 24.3 Å². The third-order valence-electron chi connectivity index (χ3n) is 2.76. The Morgan fingerprint density at radius 3 is 2.65 bits per heavy atom. The summed E-state index contributed by atoms with van der Waals surface area (Å²) >= 11 is 0. The van der Waals surface area contributed by atoms with Gasteiger partial charge in [-0.15, -0.1) is 0 Å². The van der Waals surface area contributed by atoms with Crippen molar-refractivity contribution in [1.29, 1.82) is 0 Å². The molecule has 0 bridgehead atoms. The molecule has 0 aliphatic heterocycles. The van der Waals surface area contributed by atoms with E-state index in [0.717, 1.165) is 0 Å². The maximum atomic E-state index is 11.9. The minimum Gasteiger partial charge on any atom is -0.497 e. The number of nitrogens with one attached hydrogen (secondary N) is 2. The second kappa shape index (κ2) is 7.64. The third-order valence-corrected chi connectivity index (χ3v) is 2.76. The van der Waals surface area contributed by atoms with Crippen LogP contribution in [0.15, 0.2) is 46.1 Å². The molecule has 2 N–H and O–H groups in total. The molecule has 120 valence electrons. The summed E-state index contributed by atoms with van der Waals surface area (Å²) in [6, 6.07) is 8.14. The number of carbonyl (C=O) groups is 2. The number of nitrogens with zero attached hydrogens (tertiary/aromatic N) is 1. The average Bonchev–Trinajstić information content (AvgIpc) is 3.08. The monoisotopic (exact) mass is 317 g/mol. The van der Waals surface area contributed by atoms with E-state index in [-0.39, 0.29) is 0 Å². The lowest BCUT2D eigenvalue weighted by Gasteiger charge is -2.10. The quantitative estimate of drug-likeness (QED) is 0.493. The molecule has 0 radical (unpaired) electrons. The molecule has 0 saturated carbocycles. The number of methoxy groups -OCH3 is 2. The first kappa shape index (κ1) is 16.1. The van der Waals surface area contributed by atoms with Gasteiger partial charge < -0.3 is 19.2 Å². The van der Waals surface area contributed by atoms with E-state index in [1.165, 1.54) is 32.8 Å². The molecule has 8 heteroatoms. The number of hydrazone groups is 1. The molecule has 0 aliphatic rings. The summed E-state index contributed by atoms with van der Waals surface area (Å²) in [6.45, 7) is 0. The van der Waals surface area contributed by atoms with Crippen LogP contribution in [0, 0.1) is 0 Å². The van der Waals surface area contributed by atoms with Gasteiger partial charge in [0.15, 0.2) is 0 Å². The molecule has 0 spiro atoms. The fourth-order valence-corrected chi connectivity index (χ4v) is 1.66. The highest BCUT2D eigenvalue weighted by Gasteiger charge is 2.16. The summed E-state index contributed by atoms with van der Waals surface area (Å²) in [4.78, 5) is 23.5. The fraction of sp³-hybridized carbons (Fsp3) is 0.133. The molecule has 2 aromatic rings. The molecule has 0 fully saturated rings. The van der Waals surface area contributed by atoms with Gasteiger partial charge in [0.2, 0.25) is 0 Å². The first-order valence-corrected chi connectivity index (χ1v) is 6.54. The van der Waals surface area contributed by atoms with Crippen molar-refractivity contribution in [2.75, 3.05) is 19.5 Å². The average molecular weight is 317 g/mol. The van der Waals surface area contributed by atoms with Crippen LogP contribution in [0.5, 0.6) is 11.5 Å². The highest BCUT2D eigenvalue weighted by atomic mass is 16.5. The third kappa shape index (κ3) is 4.34. The topological polar surface area (TPSA) is 102 Å². The summed E-state index contributed by atoms with van der Waals surface area (Å²) in [5.74, 6) is -0.477. The molecule has 1 aromatic heterocycles. The molecule has 1 heterocycles. The molecule has 0 saturated heterocycles. The van der Waals surface area contributed by atoms with Crippen molar-refractivity contribution in [3.05, 3.63) is 42.4 Å². The van der Waals surface area contributed by atoms with E-state index in [9.17, 15) is 9.59 Å². The second-order valence-corrected chi connectivity index (χ2v) is 4.23. The Kier molecular flexibility index (Phi) is 5.35. The Hall–Kier alpha value is -3.29. The molecular formula is C15H15N3O5. The Morgan fingerprint density at radius 1 is 1.17 bits per heavy atom. The summed E-state index contributed by atoms with van der Waals surface area (Å²) in [7, 11) is 2.94. The van der Waals surface area contributed by atoms with Gasteiger partial charge >= 0.3 is 11.8 Å². The molecule has 23 heavy (non-hydrogen) atoms. The largest absolute Gasteiger partial charge is 0.497 e. The Bertz CT molecular complexity index is 710. The highest BCUT2D eigenvalue weighted by Crippen LogP contribution is 2.28. The predicted molar refractivity (Wildman–Crippen MR) is 82.6 cm³/mol. The van der Waals surface area contributed by atoms with Gasteiger partial charge in [-0.25, -0.2) is 5.43 Å². The van der Waals surface area contributed by atoms with Gasteiger partial charge in [0.1, 0.15) is 17.3 Å². The number of anilines is 1. The number of ether oxygens (including phenoxy) is 2. The fourth-order valence-electron chi connectivity index (χ4n) is 1.66. The van der Waals surface area contributed by atoms with Crippen LogP contribution in [-0.2, 0) is 9.59 Å². The van der Waals surface area contributed by atoms with E-state index < -0.39 is 11.8 Å². The first-order valence-electron chi connectivity index (χ1n) is 6.54. The zero-order chi connectivity index (χ0) is 16.7. The lowest BCUT2D eigenvalue weighted by atomic mass is 10.2. The van der Waals surface area contributed by atoms with Crippen LogP contribution < -0.4 is 20.2 Å². The van der Waals surface area contributed by atoms with E-state index in [1.807, 2.05) is 0 Å². The van der Waals surface area contributed by atoms with E-state index >= 15 is 0 Å². The van der Waals surface area contributed by atoms with Crippen LogP contribution in [0.1, 0.15) is 5.76 Å². The van der Waals surface area contributed by atoms with Gasteiger partial charge in [0.05, 0.1) is 32.4 Å². The minimum absolute atomic E-state index is 0.307. The number of amides is 2. The van der Waals surface area contributed by atoms with E-state index in [2.05, 4.69) is 15.8 Å². The number of rotatable bonds is 5. The number of carbonyl (C=O) groups excluding carboxylic acids is 2. The summed E-state index contributed by atoms with van der Waals surface area (Å²) in [6.07, 6.45) is 2.74. The van der Waals surface area contributed by atoms with Gasteiger partial charge in [-0.2, -0.15) is 5.10 Å². The second-order valence-electron chi connectivity index (χ2n) is 4.23. The smallest absolute Gasteiger partial charge is 0.329 e. The van der Waals surface area contributed by atoms with Gasteiger partial charge in [0.25, 0.3) is 0 Å². The van der Waals surface area contributed by atoms with Crippen molar-refractivity contribution in [2.45, 2.75) is 0 Å². The van der Waals surface area contributed by atoms with Crippen LogP contribution in [0.2, 0.25) is 0 Å². The van der Waals surface area contributed by atoms with Crippen molar-refractivity contribution < 1.29 is 23.5 Å². The summed E-state index contributed by atoms with van der Waals surface area (Å²) in [5, 5.41) is 6.04. The normalized spacial score (nSPS) is 10.3. The van der Waals surface area contributed by atoms with Crippen LogP contribution >= 0.6 is 0 Å². The molecule has 0 unspecified atom stereocenters. The number of benzene rings is 1. The lowest BCUT2D eigenvalue weighted by molar-refractivity contribution is -0.136. The predicted octanol–water partition coefficient (Wildman–Crippen LogP) is 1.39. The molecule has 2 amide bonds. The van der Waals surface area contributed by atoms with Gasteiger partial charge in [-0.1, -0.05) is 0 Å². The molecular weight excluding hydrogens is 302 g/mol. The zero-order valence-electron chi connectivity index (χ0n) is 12.5. The van der Waals surface area contributed by atoms with Crippen molar-refractivity contribution in [1.82, 2.24) is 5.43 Å². The zero-order valence-corrected chi connectivity index (χ0v) is 12.5. The van der Waals surface area contributed by atoms with E-state index in [4.69, 9.17) is 13.9 Å². The highest BCUT2D eigenvalue weighted by molar-refractivity contribution is 6.39. The molecule has 0 atom stereocenters. The maximum absolute atomic E-state index is 11.9. The number of hydrogen-bond acceptors (Lipinski definition) is 6. The number of hydrogen-bond donors (Lipinski definition) is 2. The molecule has 2 rings (SSSR count). The molecule has 0 aliphatic carbocycles. The van der Waals surface area contributed by atoms with E-state index in [1.54, 1.807) is 24.3 Å². The van der Waals surface area contributed by atoms with Gasteiger partial charge in [0, 0.05) is 6.07 Å². The van der Waals surface area contributed by atoms with Crippen molar-refractivity contribution >= 4 is 23.7 Å². The van der Waals surface area contributed by atoms with Crippen molar-refractivity contribution in [3.8, 4) is 11.5 Å². The summed E-state index contributed by atoms with van der Waals surface area (Å²) in [5.41, 5.74) is 2.40. The minimum atomic E-state index is -0.933. The van der Waals surface area contributed by atoms with Crippen molar-refractivity contribution in [3.63, 3.8) is 0 Å². The van der Waals surface area contributed by atoms with Crippen LogP contribution in [0.3, 0.4) is 0 Å². The van der Waals surface area contributed by atoms with Crippen LogP contribution in [-0.4, -0.2) is 32.2 Å². The molecule has 8 nitrogen and oxygen atoms in total. The van der Waals surface area contributed by atoms with E-state index in [0.29, 0.717) is 22.9 Å². The Balaban J connectivity index is 1.99. The summed E-state index contributed by atoms with van der Waals surface area (Å²) < 4.78 is 15.2.